The molecular formula is C41H27N. The van der Waals surface area contributed by atoms with Crippen molar-refractivity contribution in [3.63, 3.8) is 0 Å². The molecule has 0 N–H and O–H groups in total. The molecule has 0 radical (unpaired) electrons. The van der Waals surface area contributed by atoms with E-state index < -0.39 is 0 Å². The molecule has 0 unspecified atom stereocenters. The maximum atomic E-state index is 5.36. The summed E-state index contributed by atoms with van der Waals surface area (Å²) in [7, 11) is 0. The summed E-state index contributed by atoms with van der Waals surface area (Å²) in [4.78, 5) is 5.36. The van der Waals surface area contributed by atoms with Crippen molar-refractivity contribution >= 4 is 54.5 Å². The third-order valence-corrected chi connectivity index (χ3v) is 9.20. The summed E-state index contributed by atoms with van der Waals surface area (Å²) >= 11 is 0. The van der Waals surface area contributed by atoms with Crippen molar-refractivity contribution in [1.29, 1.82) is 0 Å². The lowest BCUT2D eigenvalue weighted by molar-refractivity contribution is 1.26. The van der Waals surface area contributed by atoms with Crippen LogP contribution in [0.5, 0.6) is 0 Å². The van der Waals surface area contributed by atoms with Crippen molar-refractivity contribution in [1.82, 2.24) is 0 Å². The summed E-state index contributed by atoms with van der Waals surface area (Å²) < 4.78 is 0. The fourth-order valence-corrected chi connectivity index (χ4v) is 7.22. The Bertz CT molecular complexity index is 2340. The zero-order valence-electron chi connectivity index (χ0n) is 23.4. The van der Waals surface area contributed by atoms with Gasteiger partial charge in [0.15, 0.2) is 0 Å². The Balaban J connectivity index is 1.25. The van der Waals surface area contributed by atoms with Crippen LogP contribution < -0.4 is 0 Å². The summed E-state index contributed by atoms with van der Waals surface area (Å²) in [6, 6.07) is 48.9. The smallest absolute Gasteiger partial charge is 0.0668 e. The van der Waals surface area contributed by atoms with Crippen molar-refractivity contribution < 1.29 is 0 Å². The van der Waals surface area contributed by atoms with Gasteiger partial charge in [-0.15, -0.1) is 0 Å². The Kier molecular flexibility index (Phi) is 4.95. The molecule has 9 rings (SSSR count). The lowest BCUT2D eigenvalue weighted by Gasteiger charge is -2.22. The Morgan fingerprint density at radius 1 is 0.476 bits per heavy atom. The fourth-order valence-electron chi connectivity index (χ4n) is 7.22. The van der Waals surface area contributed by atoms with Gasteiger partial charge in [0.2, 0.25) is 0 Å². The number of rotatable bonds is 2. The topological polar surface area (TPSA) is 12.4 Å². The van der Waals surface area contributed by atoms with Crippen LogP contribution >= 0.6 is 0 Å². The highest BCUT2D eigenvalue weighted by molar-refractivity contribution is 6.34. The molecular weight excluding hydrogens is 506 g/mol. The van der Waals surface area contributed by atoms with E-state index in [0.29, 0.717) is 0 Å². The molecule has 0 fully saturated rings. The van der Waals surface area contributed by atoms with Gasteiger partial charge >= 0.3 is 0 Å². The van der Waals surface area contributed by atoms with Crippen LogP contribution in [-0.4, -0.2) is 5.71 Å². The zero-order valence-corrected chi connectivity index (χ0v) is 23.4. The summed E-state index contributed by atoms with van der Waals surface area (Å²) in [5.74, 6) is 0. The van der Waals surface area contributed by atoms with Crippen molar-refractivity contribution in [2.24, 2.45) is 4.99 Å². The Labute approximate surface area is 244 Å². The minimum atomic E-state index is 0.836. The highest BCUT2D eigenvalue weighted by Crippen LogP contribution is 2.43. The van der Waals surface area contributed by atoms with Crippen molar-refractivity contribution in [3.05, 3.63) is 150 Å². The molecule has 196 valence electrons. The van der Waals surface area contributed by atoms with E-state index in [4.69, 9.17) is 4.99 Å². The van der Waals surface area contributed by atoms with Crippen LogP contribution in [0.4, 0.5) is 5.69 Å². The van der Waals surface area contributed by atoms with E-state index in [1.54, 1.807) is 0 Å². The first-order valence-corrected chi connectivity index (χ1v) is 14.7. The van der Waals surface area contributed by atoms with Crippen LogP contribution in [0.15, 0.2) is 138 Å². The number of fused-ring (bicyclic) bond motifs is 5. The fraction of sp³-hybridized carbons (Fsp3) is 0.0488. The Hall–Kier alpha value is -5.27. The van der Waals surface area contributed by atoms with E-state index in [9.17, 15) is 0 Å². The first-order chi connectivity index (χ1) is 20.7. The summed E-state index contributed by atoms with van der Waals surface area (Å²) in [6.07, 6.45) is 0.836. The quantitative estimate of drug-likeness (QED) is 0.155. The van der Waals surface area contributed by atoms with Gasteiger partial charge in [-0.25, -0.2) is 0 Å². The van der Waals surface area contributed by atoms with Gasteiger partial charge in [0.25, 0.3) is 0 Å². The predicted octanol–water partition coefficient (Wildman–Crippen LogP) is 11.1. The SMILES string of the molecule is Cc1ccc(-c2ccc3c4cccc5cccc(c6cccc2c63)c54)cc1N=C1Cc2ccccc2-c2ccccc21. The maximum absolute atomic E-state index is 5.36. The molecule has 1 heteroatoms. The normalized spacial score (nSPS) is 13.8. The van der Waals surface area contributed by atoms with Crippen LogP contribution in [0.1, 0.15) is 16.7 Å². The van der Waals surface area contributed by atoms with E-state index >= 15 is 0 Å². The molecule has 0 aliphatic heterocycles. The van der Waals surface area contributed by atoms with E-state index in [-0.39, 0.29) is 0 Å². The minimum Gasteiger partial charge on any atom is -0.252 e. The number of hydrogen-bond acceptors (Lipinski definition) is 1. The molecule has 0 aromatic heterocycles. The molecule has 0 bridgehead atoms. The van der Waals surface area contributed by atoms with E-state index in [1.165, 1.54) is 82.0 Å². The number of nitrogens with zero attached hydrogens (tertiary/aromatic N) is 1. The van der Waals surface area contributed by atoms with Crippen LogP contribution in [0.3, 0.4) is 0 Å². The van der Waals surface area contributed by atoms with Crippen molar-refractivity contribution in [2.75, 3.05) is 0 Å². The average Bonchev–Trinajstić information content (AvgIpc) is 3.04. The Morgan fingerprint density at radius 2 is 1.12 bits per heavy atom. The first kappa shape index (κ1) is 23.4. The molecule has 0 spiro atoms. The van der Waals surface area contributed by atoms with Crippen LogP contribution in [-0.2, 0) is 6.42 Å². The summed E-state index contributed by atoms with van der Waals surface area (Å²) in [6.45, 7) is 2.17. The largest absolute Gasteiger partial charge is 0.252 e. The molecule has 0 saturated carbocycles. The Morgan fingerprint density at radius 3 is 1.93 bits per heavy atom. The molecule has 1 aliphatic carbocycles. The van der Waals surface area contributed by atoms with Gasteiger partial charge in [0, 0.05) is 12.0 Å². The second-order valence-corrected chi connectivity index (χ2v) is 11.5. The number of aryl methyl sites for hydroxylation is 1. The monoisotopic (exact) mass is 533 g/mol. The van der Waals surface area contributed by atoms with E-state index in [0.717, 1.165) is 17.8 Å². The lowest BCUT2D eigenvalue weighted by Crippen LogP contribution is -2.13. The highest BCUT2D eigenvalue weighted by atomic mass is 14.8. The average molecular weight is 534 g/mol. The van der Waals surface area contributed by atoms with Gasteiger partial charge in [-0.1, -0.05) is 127 Å². The van der Waals surface area contributed by atoms with E-state index in [1.807, 2.05) is 0 Å². The van der Waals surface area contributed by atoms with Crippen LogP contribution in [0.25, 0.3) is 65.3 Å². The zero-order chi connectivity index (χ0) is 27.8. The number of benzene rings is 8. The maximum Gasteiger partial charge on any atom is 0.0668 e. The molecule has 42 heavy (non-hydrogen) atoms. The van der Waals surface area contributed by atoms with Crippen molar-refractivity contribution in [2.45, 2.75) is 13.3 Å². The highest BCUT2D eigenvalue weighted by Gasteiger charge is 2.21. The van der Waals surface area contributed by atoms with Gasteiger partial charge in [0.1, 0.15) is 0 Å². The number of aliphatic imine (C=N–C) groups is 1. The van der Waals surface area contributed by atoms with Gasteiger partial charge < -0.3 is 0 Å². The lowest BCUT2D eigenvalue weighted by atomic mass is 9.84. The van der Waals surface area contributed by atoms with Gasteiger partial charge in [-0.3, -0.25) is 4.99 Å². The molecule has 1 nitrogen and oxygen atoms in total. The van der Waals surface area contributed by atoms with Gasteiger partial charge in [-0.2, -0.15) is 0 Å². The molecule has 0 heterocycles. The van der Waals surface area contributed by atoms with Gasteiger partial charge in [0.05, 0.1) is 11.4 Å². The summed E-state index contributed by atoms with van der Waals surface area (Å²) in [5.41, 5.74) is 11.0. The van der Waals surface area contributed by atoms with Crippen LogP contribution in [0, 0.1) is 6.92 Å². The molecule has 1 aliphatic rings. The van der Waals surface area contributed by atoms with Crippen molar-refractivity contribution in [3.8, 4) is 22.3 Å². The molecule has 0 amide bonds. The third-order valence-electron chi connectivity index (χ3n) is 9.20. The third kappa shape index (κ3) is 3.34. The van der Waals surface area contributed by atoms with E-state index in [2.05, 4.69) is 140 Å². The minimum absolute atomic E-state index is 0.836. The molecule has 8 aromatic carbocycles. The molecule has 8 aromatic rings. The van der Waals surface area contributed by atoms with Crippen LogP contribution in [0.2, 0.25) is 0 Å². The molecule has 0 saturated heterocycles. The predicted molar refractivity (Wildman–Crippen MR) is 180 cm³/mol. The number of hydrogen-bond donors (Lipinski definition) is 0. The standard InChI is InChI=1S/C41H27N/c1-25-19-20-28(23-38(25)42-39-24-27-9-2-3-12-29(27)31-13-4-5-14-32(31)39)30-21-22-37-35-16-7-11-26-10-6-15-34(40(26)35)36-18-8-17-33(30)41(36)37/h2-23H,24H2,1H3. The van der Waals surface area contributed by atoms with Gasteiger partial charge in [-0.05, 0) is 89.5 Å². The second kappa shape index (κ2) is 8.86. The first-order valence-electron chi connectivity index (χ1n) is 14.7. The summed E-state index contributed by atoms with van der Waals surface area (Å²) in [5, 5.41) is 10.6. The molecule has 0 atom stereocenters. The second-order valence-electron chi connectivity index (χ2n) is 11.5.